The Morgan fingerprint density at radius 2 is 1.92 bits per heavy atom. The van der Waals surface area contributed by atoms with Crippen LogP contribution in [0.15, 0.2) is 54.9 Å². The van der Waals surface area contributed by atoms with E-state index in [1.807, 2.05) is 48.4 Å². The highest BCUT2D eigenvalue weighted by molar-refractivity contribution is 5.89. The van der Waals surface area contributed by atoms with Crippen molar-refractivity contribution in [3.8, 4) is 5.88 Å². The van der Waals surface area contributed by atoms with Gasteiger partial charge >= 0.3 is 5.97 Å². The number of nitrogens with zero attached hydrogens (tertiary/aromatic N) is 3. The first-order valence-corrected chi connectivity index (χ1v) is 7.83. The third-order valence-corrected chi connectivity index (χ3v) is 3.90. The summed E-state index contributed by atoms with van der Waals surface area (Å²) in [5.41, 5.74) is 2.31. The number of benzene rings is 1. The standard InChI is InChI=1S/C19H19N3O3/c1-13-12-20-17(18(21-13)24-2)22-11-5-4-6-16(22)14-7-9-15(10-8-14)19(23)25-3/h4-12,16H,1-3H3. The number of hydrogen-bond acceptors (Lipinski definition) is 6. The molecule has 0 N–H and O–H groups in total. The average molecular weight is 337 g/mol. The summed E-state index contributed by atoms with van der Waals surface area (Å²) in [4.78, 5) is 22.5. The number of hydrogen-bond donors (Lipinski definition) is 0. The molecule has 0 fully saturated rings. The Kier molecular flexibility index (Phi) is 4.79. The van der Waals surface area contributed by atoms with Crippen LogP contribution in [0.1, 0.15) is 27.7 Å². The van der Waals surface area contributed by atoms with Crippen LogP contribution >= 0.6 is 0 Å². The molecule has 0 saturated carbocycles. The van der Waals surface area contributed by atoms with Crippen molar-refractivity contribution in [3.63, 3.8) is 0 Å². The first-order valence-electron chi connectivity index (χ1n) is 7.83. The molecule has 0 radical (unpaired) electrons. The summed E-state index contributed by atoms with van der Waals surface area (Å²) in [5.74, 6) is 0.750. The molecule has 1 aromatic carbocycles. The first-order chi connectivity index (χ1) is 12.1. The van der Waals surface area contributed by atoms with Crippen LogP contribution in [0.2, 0.25) is 0 Å². The van der Waals surface area contributed by atoms with Gasteiger partial charge in [-0.15, -0.1) is 0 Å². The predicted octanol–water partition coefficient (Wildman–Crippen LogP) is 3.21. The second-order valence-electron chi connectivity index (χ2n) is 5.54. The van der Waals surface area contributed by atoms with Crippen molar-refractivity contribution in [2.45, 2.75) is 13.0 Å². The van der Waals surface area contributed by atoms with Gasteiger partial charge in [0.05, 0.1) is 37.7 Å². The van der Waals surface area contributed by atoms with Gasteiger partial charge in [-0.25, -0.2) is 14.8 Å². The van der Waals surface area contributed by atoms with Gasteiger partial charge in [-0.05, 0) is 30.7 Å². The first kappa shape index (κ1) is 16.7. The molecule has 2 heterocycles. The number of rotatable bonds is 4. The minimum atomic E-state index is -0.353. The molecule has 1 unspecified atom stereocenters. The van der Waals surface area contributed by atoms with Crippen LogP contribution in [0.4, 0.5) is 5.82 Å². The van der Waals surface area contributed by atoms with Crippen molar-refractivity contribution in [2.75, 3.05) is 19.1 Å². The van der Waals surface area contributed by atoms with E-state index in [9.17, 15) is 4.79 Å². The zero-order valence-electron chi connectivity index (χ0n) is 14.3. The van der Waals surface area contributed by atoms with Crippen LogP contribution in [0.5, 0.6) is 5.88 Å². The number of methoxy groups -OCH3 is 2. The van der Waals surface area contributed by atoms with Crippen LogP contribution < -0.4 is 9.64 Å². The Bertz CT molecular complexity index is 828. The van der Waals surface area contributed by atoms with Crippen LogP contribution in [-0.2, 0) is 4.74 Å². The van der Waals surface area contributed by atoms with E-state index in [-0.39, 0.29) is 12.0 Å². The summed E-state index contributed by atoms with van der Waals surface area (Å²) in [6.45, 7) is 1.87. The molecule has 1 aliphatic heterocycles. The molecule has 0 amide bonds. The lowest BCUT2D eigenvalue weighted by molar-refractivity contribution is 0.0600. The smallest absolute Gasteiger partial charge is 0.337 e. The van der Waals surface area contributed by atoms with Gasteiger partial charge in [-0.2, -0.15) is 0 Å². The molecule has 128 valence electrons. The number of allylic oxidation sites excluding steroid dienone is 2. The minimum Gasteiger partial charge on any atom is -0.478 e. The Labute approximate surface area is 146 Å². The second-order valence-corrected chi connectivity index (χ2v) is 5.54. The molecule has 6 nitrogen and oxygen atoms in total. The van der Waals surface area contributed by atoms with E-state index in [0.29, 0.717) is 17.3 Å². The lowest BCUT2D eigenvalue weighted by atomic mass is 10.0. The normalized spacial score (nSPS) is 16.0. The fourth-order valence-electron chi connectivity index (χ4n) is 2.67. The van der Waals surface area contributed by atoms with Crippen molar-refractivity contribution in [3.05, 3.63) is 71.7 Å². The molecular weight excluding hydrogens is 318 g/mol. The van der Waals surface area contributed by atoms with E-state index in [4.69, 9.17) is 9.47 Å². The lowest BCUT2D eigenvalue weighted by Crippen LogP contribution is -2.25. The van der Waals surface area contributed by atoms with Gasteiger partial charge in [0.15, 0.2) is 5.82 Å². The molecule has 0 aliphatic carbocycles. The van der Waals surface area contributed by atoms with Crippen LogP contribution in [0.3, 0.4) is 0 Å². The minimum absolute atomic E-state index is 0.0809. The van der Waals surface area contributed by atoms with E-state index >= 15 is 0 Å². The highest BCUT2D eigenvalue weighted by Gasteiger charge is 2.23. The van der Waals surface area contributed by atoms with Crippen molar-refractivity contribution < 1.29 is 14.3 Å². The number of anilines is 1. The average Bonchev–Trinajstić information content (AvgIpc) is 2.67. The second kappa shape index (κ2) is 7.17. The largest absolute Gasteiger partial charge is 0.478 e. The third kappa shape index (κ3) is 3.38. The zero-order valence-corrected chi connectivity index (χ0v) is 14.3. The summed E-state index contributed by atoms with van der Waals surface area (Å²) in [7, 11) is 2.95. The van der Waals surface area contributed by atoms with Crippen LogP contribution in [0, 0.1) is 6.92 Å². The summed E-state index contributed by atoms with van der Waals surface area (Å²) in [6.07, 6.45) is 9.60. The van der Waals surface area contributed by atoms with Crippen LogP contribution in [-0.4, -0.2) is 30.2 Å². The molecule has 0 spiro atoms. The van der Waals surface area contributed by atoms with Gasteiger partial charge in [0, 0.05) is 6.20 Å². The van der Waals surface area contributed by atoms with Crippen molar-refractivity contribution >= 4 is 11.8 Å². The van der Waals surface area contributed by atoms with Gasteiger partial charge in [0.2, 0.25) is 0 Å². The fourth-order valence-corrected chi connectivity index (χ4v) is 2.67. The number of ether oxygens (including phenoxy) is 2. The Balaban J connectivity index is 1.96. The highest BCUT2D eigenvalue weighted by Crippen LogP contribution is 2.34. The molecule has 6 heteroatoms. The predicted molar refractivity (Wildman–Crippen MR) is 94.6 cm³/mol. The Morgan fingerprint density at radius 3 is 2.60 bits per heavy atom. The quantitative estimate of drug-likeness (QED) is 0.798. The zero-order chi connectivity index (χ0) is 17.8. The molecule has 2 aromatic rings. The Hall–Kier alpha value is -3.15. The number of carbonyl (C=O) groups is 1. The van der Waals surface area contributed by atoms with Crippen molar-refractivity contribution in [2.24, 2.45) is 0 Å². The van der Waals surface area contributed by atoms with Gasteiger partial charge in [-0.3, -0.25) is 0 Å². The number of carbonyl (C=O) groups excluding carboxylic acids is 1. The Morgan fingerprint density at radius 1 is 1.16 bits per heavy atom. The SMILES string of the molecule is COC(=O)c1ccc(C2C=CC=CN2c2ncc(C)nc2OC)cc1. The number of esters is 1. The molecular formula is C19H19N3O3. The van der Waals surface area contributed by atoms with Crippen LogP contribution in [0.25, 0.3) is 0 Å². The van der Waals surface area contributed by atoms with Crippen molar-refractivity contribution in [1.29, 1.82) is 0 Å². The van der Waals surface area contributed by atoms with Gasteiger partial charge < -0.3 is 14.4 Å². The molecule has 3 rings (SSSR count). The summed E-state index contributed by atoms with van der Waals surface area (Å²) >= 11 is 0. The molecule has 0 bridgehead atoms. The third-order valence-electron chi connectivity index (χ3n) is 3.90. The molecule has 1 aliphatic rings. The molecule has 25 heavy (non-hydrogen) atoms. The van der Waals surface area contributed by atoms with E-state index in [1.54, 1.807) is 25.4 Å². The summed E-state index contributed by atoms with van der Waals surface area (Å²) in [6, 6.07) is 7.23. The number of aryl methyl sites for hydroxylation is 1. The maximum Gasteiger partial charge on any atom is 0.337 e. The molecule has 1 atom stereocenters. The van der Waals surface area contributed by atoms with E-state index < -0.39 is 0 Å². The number of aromatic nitrogens is 2. The monoisotopic (exact) mass is 337 g/mol. The summed E-state index contributed by atoms with van der Waals surface area (Å²) < 4.78 is 10.1. The fraction of sp³-hybridized carbons (Fsp3) is 0.211. The van der Waals surface area contributed by atoms with E-state index in [2.05, 4.69) is 9.97 Å². The maximum absolute atomic E-state index is 11.6. The van der Waals surface area contributed by atoms with Gasteiger partial charge in [0.1, 0.15) is 0 Å². The van der Waals surface area contributed by atoms with Gasteiger partial charge in [-0.1, -0.05) is 24.3 Å². The summed E-state index contributed by atoms with van der Waals surface area (Å²) in [5, 5.41) is 0. The van der Waals surface area contributed by atoms with Crippen molar-refractivity contribution in [1.82, 2.24) is 9.97 Å². The van der Waals surface area contributed by atoms with E-state index in [1.165, 1.54) is 7.11 Å². The lowest BCUT2D eigenvalue weighted by Gasteiger charge is -2.30. The molecule has 1 aromatic heterocycles. The highest BCUT2D eigenvalue weighted by atomic mass is 16.5. The van der Waals surface area contributed by atoms with Gasteiger partial charge in [0.25, 0.3) is 5.88 Å². The maximum atomic E-state index is 11.6. The molecule has 0 saturated heterocycles. The van der Waals surface area contributed by atoms with E-state index in [0.717, 1.165) is 11.3 Å². The topological polar surface area (TPSA) is 64.5 Å².